The molecular weight excluding hydrogens is 224 g/mol. The largest absolute Gasteiger partial charge is 0.358 e. The molecule has 2 heterocycles. The van der Waals surface area contributed by atoms with Crippen LogP contribution in [0.5, 0.6) is 0 Å². The van der Waals surface area contributed by atoms with Gasteiger partial charge in [0.15, 0.2) is 0 Å². The number of aromatic nitrogens is 2. The Morgan fingerprint density at radius 2 is 1.89 bits per heavy atom. The van der Waals surface area contributed by atoms with Gasteiger partial charge in [-0.1, -0.05) is 18.2 Å². The Morgan fingerprint density at radius 3 is 2.67 bits per heavy atom. The van der Waals surface area contributed by atoms with Crippen LogP contribution in [0.1, 0.15) is 16.1 Å². The normalized spacial score (nSPS) is 10.9. The quantitative estimate of drug-likeness (QED) is 0.731. The first kappa shape index (κ1) is 10.8. The second-order valence-electron chi connectivity index (χ2n) is 4.43. The van der Waals surface area contributed by atoms with Gasteiger partial charge in [0, 0.05) is 29.0 Å². The Kier molecular flexibility index (Phi) is 2.52. The van der Waals surface area contributed by atoms with Crippen molar-refractivity contribution in [2.75, 3.05) is 0 Å². The molecule has 0 amide bonds. The summed E-state index contributed by atoms with van der Waals surface area (Å²) >= 11 is 0. The molecule has 90 valence electrons. The van der Waals surface area contributed by atoms with Crippen molar-refractivity contribution in [1.82, 2.24) is 9.55 Å². The van der Waals surface area contributed by atoms with Crippen molar-refractivity contribution in [2.45, 2.75) is 13.3 Å². The number of aromatic amines is 1. The van der Waals surface area contributed by atoms with Gasteiger partial charge in [-0.3, -0.25) is 9.36 Å². The first-order chi connectivity index (χ1) is 8.75. The molecule has 0 unspecified atom stereocenters. The molecule has 3 rings (SSSR count). The smallest absolute Gasteiger partial charge is 0.235 e. The number of hydrogen-bond acceptors (Lipinski definition) is 1. The second kappa shape index (κ2) is 4.18. The van der Waals surface area contributed by atoms with E-state index in [-0.39, 0.29) is 5.91 Å². The van der Waals surface area contributed by atoms with E-state index >= 15 is 0 Å². The van der Waals surface area contributed by atoms with Crippen LogP contribution in [-0.4, -0.2) is 15.5 Å². The van der Waals surface area contributed by atoms with E-state index in [1.165, 1.54) is 0 Å². The minimum Gasteiger partial charge on any atom is -0.358 e. The van der Waals surface area contributed by atoms with Crippen LogP contribution in [0.2, 0.25) is 0 Å². The molecule has 0 saturated heterocycles. The summed E-state index contributed by atoms with van der Waals surface area (Å²) in [6.45, 7) is 2.01. The summed E-state index contributed by atoms with van der Waals surface area (Å²) in [6.07, 6.45) is 3.99. The molecule has 0 fully saturated rings. The van der Waals surface area contributed by atoms with Crippen LogP contribution < -0.4 is 0 Å². The maximum Gasteiger partial charge on any atom is 0.235 e. The number of H-pyrrole nitrogens is 1. The molecule has 0 spiro atoms. The third kappa shape index (κ3) is 1.74. The lowest BCUT2D eigenvalue weighted by atomic mass is 10.1. The van der Waals surface area contributed by atoms with Gasteiger partial charge in [0.2, 0.25) is 5.91 Å². The number of hydrogen-bond donors (Lipinski definition) is 1. The molecule has 3 heteroatoms. The lowest BCUT2D eigenvalue weighted by Crippen LogP contribution is -2.11. The first-order valence-corrected chi connectivity index (χ1v) is 5.98. The van der Waals surface area contributed by atoms with Crippen LogP contribution in [0.25, 0.3) is 10.9 Å². The summed E-state index contributed by atoms with van der Waals surface area (Å²) < 4.78 is 1.63. The molecule has 18 heavy (non-hydrogen) atoms. The van der Waals surface area contributed by atoms with Crippen LogP contribution in [0.4, 0.5) is 0 Å². The molecule has 1 aromatic carbocycles. The minimum absolute atomic E-state index is 0.0906. The highest BCUT2D eigenvalue weighted by molar-refractivity contribution is 5.90. The fourth-order valence-electron chi connectivity index (χ4n) is 2.31. The van der Waals surface area contributed by atoms with Gasteiger partial charge in [0.05, 0.1) is 6.42 Å². The van der Waals surface area contributed by atoms with Gasteiger partial charge in [-0.15, -0.1) is 0 Å². The number of carbonyl (C=O) groups excluding carboxylic acids is 1. The Morgan fingerprint density at radius 1 is 1.17 bits per heavy atom. The van der Waals surface area contributed by atoms with Crippen molar-refractivity contribution in [3.63, 3.8) is 0 Å². The van der Waals surface area contributed by atoms with E-state index in [1.807, 2.05) is 37.3 Å². The van der Waals surface area contributed by atoms with Crippen molar-refractivity contribution in [1.29, 1.82) is 0 Å². The molecule has 0 aliphatic rings. The molecule has 0 radical (unpaired) electrons. The van der Waals surface area contributed by atoms with Gasteiger partial charge < -0.3 is 4.98 Å². The maximum absolute atomic E-state index is 12.1. The average molecular weight is 238 g/mol. The third-order valence-corrected chi connectivity index (χ3v) is 3.25. The highest BCUT2D eigenvalue weighted by Crippen LogP contribution is 2.22. The van der Waals surface area contributed by atoms with Gasteiger partial charge in [-0.2, -0.15) is 0 Å². The monoisotopic (exact) mass is 238 g/mol. The van der Waals surface area contributed by atoms with E-state index in [0.717, 1.165) is 22.2 Å². The van der Waals surface area contributed by atoms with Gasteiger partial charge in [-0.05, 0) is 30.7 Å². The number of fused-ring (bicyclic) bond motifs is 1. The average Bonchev–Trinajstić information content (AvgIpc) is 2.98. The highest BCUT2D eigenvalue weighted by atomic mass is 16.1. The minimum atomic E-state index is 0.0906. The van der Waals surface area contributed by atoms with Crippen molar-refractivity contribution in [2.24, 2.45) is 0 Å². The van der Waals surface area contributed by atoms with Crippen LogP contribution in [0.15, 0.2) is 48.8 Å². The van der Waals surface area contributed by atoms with Gasteiger partial charge in [0.1, 0.15) is 0 Å². The van der Waals surface area contributed by atoms with E-state index in [0.29, 0.717) is 6.42 Å². The zero-order chi connectivity index (χ0) is 12.5. The van der Waals surface area contributed by atoms with Crippen LogP contribution in [0.3, 0.4) is 0 Å². The first-order valence-electron chi connectivity index (χ1n) is 5.98. The third-order valence-electron chi connectivity index (χ3n) is 3.25. The van der Waals surface area contributed by atoms with Crippen LogP contribution in [0, 0.1) is 6.92 Å². The molecule has 3 nitrogen and oxygen atoms in total. The van der Waals surface area contributed by atoms with Crippen molar-refractivity contribution in [3.8, 4) is 0 Å². The fraction of sp³-hybridized carbons (Fsp3) is 0.133. The van der Waals surface area contributed by atoms with E-state index in [2.05, 4.69) is 11.1 Å². The number of carbonyl (C=O) groups is 1. The van der Waals surface area contributed by atoms with Gasteiger partial charge in [0.25, 0.3) is 0 Å². The summed E-state index contributed by atoms with van der Waals surface area (Å²) in [6, 6.07) is 11.8. The standard InChI is InChI=1S/C15H14N2O/c1-11-13(10-15(18)17-8-4-5-9-17)12-6-2-3-7-14(12)16-11/h2-9,16H,10H2,1H3. The Hall–Kier alpha value is -2.29. The second-order valence-corrected chi connectivity index (χ2v) is 4.43. The molecule has 0 atom stereocenters. The van der Waals surface area contributed by atoms with Crippen molar-refractivity contribution >= 4 is 16.8 Å². The van der Waals surface area contributed by atoms with E-state index < -0.39 is 0 Å². The maximum atomic E-state index is 12.1. The Bertz CT molecular complexity index is 692. The molecule has 0 bridgehead atoms. The number of nitrogens with zero attached hydrogens (tertiary/aromatic N) is 1. The molecule has 2 aromatic heterocycles. The summed E-state index contributed by atoms with van der Waals surface area (Å²) in [7, 11) is 0. The SMILES string of the molecule is Cc1[nH]c2ccccc2c1CC(=O)n1cccc1. The molecule has 1 N–H and O–H groups in total. The predicted octanol–water partition coefficient (Wildman–Crippen LogP) is 3.16. The number of rotatable bonds is 2. The number of para-hydroxylation sites is 1. The van der Waals surface area contributed by atoms with E-state index in [4.69, 9.17) is 0 Å². The Balaban J connectivity index is 2.00. The molecule has 0 aliphatic carbocycles. The van der Waals surface area contributed by atoms with Crippen LogP contribution in [-0.2, 0) is 6.42 Å². The van der Waals surface area contributed by atoms with Gasteiger partial charge >= 0.3 is 0 Å². The van der Waals surface area contributed by atoms with Crippen LogP contribution >= 0.6 is 0 Å². The van der Waals surface area contributed by atoms with E-state index in [1.54, 1.807) is 17.0 Å². The summed E-state index contributed by atoms with van der Waals surface area (Å²) in [5.74, 6) is 0.0906. The zero-order valence-electron chi connectivity index (χ0n) is 10.2. The number of aryl methyl sites for hydroxylation is 1. The van der Waals surface area contributed by atoms with Crippen molar-refractivity contribution < 1.29 is 4.79 Å². The molecular formula is C15H14N2O. The lowest BCUT2D eigenvalue weighted by molar-refractivity contribution is 0.0914. The highest BCUT2D eigenvalue weighted by Gasteiger charge is 2.12. The summed E-state index contributed by atoms with van der Waals surface area (Å²) in [5.41, 5.74) is 3.24. The summed E-state index contributed by atoms with van der Waals surface area (Å²) in [4.78, 5) is 15.4. The zero-order valence-corrected chi connectivity index (χ0v) is 10.2. The lowest BCUT2D eigenvalue weighted by Gasteiger charge is -2.02. The van der Waals surface area contributed by atoms with Crippen molar-refractivity contribution in [3.05, 3.63) is 60.0 Å². The fourth-order valence-corrected chi connectivity index (χ4v) is 2.31. The predicted molar refractivity (Wildman–Crippen MR) is 71.8 cm³/mol. The topological polar surface area (TPSA) is 37.8 Å². The van der Waals surface area contributed by atoms with Gasteiger partial charge in [-0.25, -0.2) is 0 Å². The number of benzene rings is 1. The molecule has 0 aliphatic heterocycles. The Labute approximate surface area is 105 Å². The molecule has 0 saturated carbocycles. The number of nitrogens with one attached hydrogen (secondary N) is 1. The van der Waals surface area contributed by atoms with E-state index in [9.17, 15) is 4.79 Å². The summed E-state index contributed by atoms with van der Waals surface area (Å²) in [5, 5.41) is 1.13. The molecule has 3 aromatic rings.